The highest BCUT2D eigenvalue weighted by atomic mass is 35.5. The van der Waals surface area contributed by atoms with E-state index in [1.807, 2.05) is 0 Å². The van der Waals surface area contributed by atoms with Crippen molar-refractivity contribution < 1.29 is 18.0 Å². The van der Waals surface area contributed by atoms with Crippen molar-refractivity contribution in [1.82, 2.24) is 4.98 Å². The highest BCUT2D eigenvalue weighted by Gasteiger charge is 2.31. The molecule has 0 fully saturated rings. The molecule has 1 N–H and O–H groups in total. The summed E-state index contributed by atoms with van der Waals surface area (Å²) in [5, 5.41) is 0.249. The maximum atomic E-state index is 12.8. The van der Waals surface area contributed by atoms with Gasteiger partial charge in [-0.25, -0.2) is 0 Å². The highest BCUT2D eigenvalue weighted by molar-refractivity contribution is 7.19. The topological polar surface area (TPSA) is 32.9 Å². The van der Waals surface area contributed by atoms with E-state index < -0.39 is 11.7 Å². The van der Waals surface area contributed by atoms with Gasteiger partial charge in [0, 0.05) is 16.5 Å². The fraction of sp³-hybridized carbons (Fsp3) is 0.0714. The Kier molecular flexibility index (Phi) is 3.30. The minimum Gasteiger partial charge on any atom is -0.353 e. The average Bonchev–Trinajstić information content (AvgIpc) is 2.99. The van der Waals surface area contributed by atoms with Gasteiger partial charge in [0.05, 0.1) is 20.5 Å². The lowest BCUT2D eigenvalue weighted by Crippen LogP contribution is -2.04. The Hall–Kier alpha value is -1.79. The number of fused-ring (bicyclic) bond motifs is 1. The van der Waals surface area contributed by atoms with Crippen molar-refractivity contribution in [3.63, 3.8) is 0 Å². The number of carbonyl (C=O) groups is 1. The van der Waals surface area contributed by atoms with Crippen molar-refractivity contribution in [3.8, 4) is 10.6 Å². The first-order chi connectivity index (χ1) is 9.90. The summed E-state index contributed by atoms with van der Waals surface area (Å²) in [6.45, 7) is 0. The normalized spacial score (nSPS) is 12.0. The van der Waals surface area contributed by atoms with E-state index in [4.69, 9.17) is 11.6 Å². The van der Waals surface area contributed by atoms with Gasteiger partial charge >= 0.3 is 6.18 Å². The van der Waals surface area contributed by atoms with E-state index in [0.29, 0.717) is 26.7 Å². The van der Waals surface area contributed by atoms with Gasteiger partial charge in [-0.05, 0) is 30.3 Å². The summed E-state index contributed by atoms with van der Waals surface area (Å²) in [5.74, 6) is 0. The monoisotopic (exact) mass is 329 g/mol. The van der Waals surface area contributed by atoms with Crippen LogP contribution in [-0.4, -0.2) is 11.3 Å². The standard InChI is InChI=1S/C14H7ClF3NOS/c15-12-4-3-11(21-12)13-9(6-20)8-5-7(14(16,17)18)1-2-10(8)19-13/h1-6,19H. The quantitative estimate of drug-likeness (QED) is 0.629. The average molecular weight is 330 g/mol. The number of carbonyl (C=O) groups excluding carboxylic acids is 1. The van der Waals surface area contributed by atoms with E-state index >= 15 is 0 Å². The van der Waals surface area contributed by atoms with Crippen LogP contribution in [0.5, 0.6) is 0 Å². The summed E-state index contributed by atoms with van der Waals surface area (Å²) >= 11 is 7.11. The van der Waals surface area contributed by atoms with Crippen LogP contribution in [0, 0.1) is 0 Å². The lowest BCUT2D eigenvalue weighted by Gasteiger charge is -2.05. The maximum Gasteiger partial charge on any atom is 0.416 e. The number of thiophene rings is 1. The number of rotatable bonds is 2. The molecule has 3 aromatic rings. The van der Waals surface area contributed by atoms with E-state index in [0.717, 1.165) is 12.1 Å². The molecule has 0 radical (unpaired) electrons. The molecule has 0 aliphatic carbocycles. The van der Waals surface area contributed by atoms with Gasteiger partial charge < -0.3 is 4.98 Å². The molecule has 0 amide bonds. The minimum atomic E-state index is -4.45. The second kappa shape index (κ2) is 4.89. The van der Waals surface area contributed by atoms with Crippen LogP contribution in [0.2, 0.25) is 4.34 Å². The molecular weight excluding hydrogens is 323 g/mol. The predicted octanol–water partition coefficient (Wildman–Crippen LogP) is 5.38. The fourth-order valence-electron chi connectivity index (χ4n) is 2.15. The fourth-order valence-corrected chi connectivity index (χ4v) is 3.21. The van der Waals surface area contributed by atoms with Crippen LogP contribution >= 0.6 is 22.9 Å². The third-order valence-corrected chi connectivity index (χ3v) is 4.35. The summed E-state index contributed by atoms with van der Waals surface area (Å²) < 4.78 is 38.9. The lowest BCUT2D eigenvalue weighted by molar-refractivity contribution is -0.137. The molecule has 21 heavy (non-hydrogen) atoms. The zero-order valence-electron chi connectivity index (χ0n) is 10.3. The molecule has 0 saturated carbocycles. The molecule has 2 aromatic heterocycles. The van der Waals surface area contributed by atoms with E-state index in [1.165, 1.54) is 17.4 Å². The van der Waals surface area contributed by atoms with E-state index in [2.05, 4.69) is 4.98 Å². The van der Waals surface area contributed by atoms with E-state index in [-0.39, 0.29) is 10.9 Å². The van der Waals surface area contributed by atoms with Crippen LogP contribution in [0.15, 0.2) is 30.3 Å². The number of aldehydes is 1. The summed E-state index contributed by atoms with van der Waals surface area (Å²) in [5.41, 5.74) is 0.378. The molecule has 0 aliphatic rings. The molecule has 0 unspecified atom stereocenters. The first kappa shape index (κ1) is 14.2. The Balaban J connectivity index is 2.26. The molecule has 0 aliphatic heterocycles. The smallest absolute Gasteiger partial charge is 0.353 e. The number of halogens is 4. The third-order valence-electron chi connectivity index (χ3n) is 3.10. The van der Waals surface area contributed by atoms with Crippen LogP contribution in [0.4, 0.5) is 13.2 Å². The second-order valence-corrected chi connectivity index (χ2v) is 6.11. The molecular formula is C14H7ClF3NOS. The highest BCUT2D eigenvalue weighted by Crippen LogP contribution is 2.37. The SMILES string of the molecule is O=Cc1c(-c2ccc(Cl)s2)[nH]c2ccc(C(F)(F)F)cc12. The second-order valence-electron chi connectivity index (χ2n) is 4.39. The molecule has 3 rings (SSSR count). The lowest BCUT2D eigenvalue weighted by atomic mass is 10.1. The Morgan fingerprint density at radius 3 is 2.52 bits per heavy atom. The zero-order valence-corrected chi connectivity index (χ0v) is 11.9. The van der Waals surface area contributed by atoms with Gasteiger partial charge in [0.1, 0.15) is 0 Å². The largest absolute Gasteiger partial charge is 0.416 e. The number of benzene rings is 1. The van der Waals surface area contributed by atoms with Crippen LogP contribution in [-0.2, 0) is 6.18 Å². The molecule has 0 bridgehead atoms. The Labute approximate surface area is 126 Å². The van der Waals surface area contributed by atoms with Crippen LogP contribution < -0.4 is 0 Å². The number of H-pyrrole nitrogens is 1. The molecule has 2 nitrogen and oxygen atoms in total. The number of hydrogen-bond acceptors (Lipinski definition) is 2. The zero-order chi connectivity index (χ0) is 15.2. The van der Waals surface area contributed by atoms with Gasteiger partial charge in [0.2, 0.25) is 0 Å². The number of hydrogen-bond donors (Lipinski definition) is 1. The molecule has 0 atom stereocenters. The van der Waals surface area contributed by atoms with Crippen molar-refractivity contribution in [2.75, 3.05) is 0 Å². The van der Waals surface area contributed by atoms with Gasteiger partial charge in [-0.1, -0.05) is 11.6 Å². The van der Waals surface area contributed by atoms with Crippen LogP contribution in [0.3, 0.4) is 0 Å². The summed E-state index contributed by atoms with van der Waals surface area (Å²) in [7, 11) is 0. The minimum absolute atomic E-state index is 0.203. The maximum absolute atomic E-state index is 12.8. The van der Waals surface area contributed by atoms with Gasteiger partial charge in [0.15, 0.2) is 6.29 Å². The van der Waals surface area contributed by atoms with Crippen molar-refractivity contribution in [2.45, 2.75) is 6.18 Å². The summed E-state index contributed by atoms with van der Waals surface area (Å²) in [6.07, 6.45) is -3.89. The van der Waals surface area contributed by atoms with Crippen molar-refractivity contribution >= 4 is 40.1 Å². The molecule has 2 heterocycles. The van der Waals surface area contributed by atoms with Crippen molar-refractivity contribution in [2.24, 2.45) is 0 Å². The third kappa shape index (κ3) is 2.45. The van der Waals surface area contributed by atoms with Crippen LogP contribution in [0.25, 0.3) is 21.5 Å². The first-order valence-corrected chi connectivity index (χ1v) is 7.03. The Morgan fingerprint density at radius 2 is 1.95 bits per heavy atom. The summed E-state index contributed by atoms with van der Waals surface area (Å²) in [6, 6.07) is 6.68. The molecule has 7 heteroatoms. The van der Waals surface area contributed by atoms with Gasteiger partial charge in [0.25, 0.3) is 0 Å². The number of aromatic amines is 1. The number of nitrogens with one attached hydrogen (secondary N) is 1. The van der Waals surface area contributed by atoms with Gasteiger partial charge in [-0.15, -0.1) is 11.3 Å². The number of aromatic nitrogens is 1. The van der Waals surface area contributed by atoms with E-state index in [9.17, 15) is 18.0 Å². The first-order valence-electron chi connectivity index (χ1n) is 5.84. The van der Waals surface area contributed by atoms with Crippen molar-refractivity contribution in [1.29, 1.82) is 0 Å². The van der Waals surface area contributed by atoms with Gasteiger partial charge in [-0.2, -0.15) is 13.2 Å². The predicted molar refractivity (Wildman–Crippen MR) is 77.0 cm³/mol. The Morgan fingerprint density at radius 1 is 1.19 bits per heavy atom. The number of alkyl halides is 3. The molecule has 0 spiro atoms. The van der Waals surface area contributed by atoms with Crippen LogP contribution in [0.1, 0.15) is 15.9 Å². The van der Waals surface area contributed by atoms with Crippen molar-refractivity contribution in [3.05, 3.63) is 45.8 Å². The Bertz CT molecular complexity index is 834. The van der Waals surface area contributed by atoms with E-state index in [1.54, 1.807) is 12.1 Å². The molecule has 1 aromatic carbocycles. The molecule has 108 valence electrons. The summed E-state index contributed by atoms with van der Waals surface area (Å²) in [4.78, 5) is 15.0. The molecule has 0 saturated heterocycles. The van der Waals surface area contributed by atoms with Gasteiger partial charge in [-0.3, -0.25) is 4.79 Å².